The highest BCUT2D eigenvalue weighted by molar-refractivity contribution is 5.85. The fourth-order valence-corrected chi connectivity index (χ4v) is 4.07. The van der Waals surface area contributed by atoms with Gasteiger partial charge < -0.3 is 15.0 Å². The first-order valence-corrected chi connectivity index (χ1v) is 10.1. The summed E-state index contributed by atoms with van der Waals surface area (Å²) in [5.74, 6) is -0.0398. The first-order valence-electron chi connectivity index (χ1n) is 10.1. The number of carbonyl (C=O) groups excluding carboxylic acids is 2. The molecule has 1 aromatic heterocycles. The van der Waals surface area contributed by atoms with Crippen molar-refractivity contribution in [3.63, 3.8) is 0 Å². The third-order valence-corrected chi connectivity index (χ3v) is 5.53. The number of methoxy groups -OCH3 is 1. The molecule has 0 spiro atoms. The fourth-order valence-electron chi connectivity index (χ4n) is 4.07. The molecule has 1 aromatic carbocycles. The monoisotopic (exact) mass is 395 g/mol. The zero-order chi connectivity index (χ0) is 20.7. The lowest BCUT2D eigenvalue weighted by Gasteiger charge is -2.42. The molecule has 29 heavy (non-hydrogen) atoms. The van der Waals surface area contributed by atoms with Gasteiger partial charge >= 0.3 is 0 Å². The van der Waals surface area contributed by atoms with E-state index in [2.05, 4.69) is 34.6 Å². The average molecular weight is 396 g/mol. The lowest BCUT2D eigenvalue weighted by atomic mass is 9.74. The van der Waals surface area contributed by atoms with E-state index in [-0.39, 0.29) is 18.4 Å². The molecule has 0 aliphatic carbocycles. The van der Waals surface area contributed by atoms with Gasteiger partial charge in [0.25, 0.3) is 0 Å². The van der Waals surface area contributed by atoms with E-state index in [0.717, 1.165) is 29.5 Å². The van der Waals surface area contributed by atoms with Gasteiger partial charge in [0.2, 0.25) is 11.8 Å². The standard InChI is InChI=1S/C23H29N3O3/c1-3-25-22(28)23(11-4-14-26(17-23)21(27)16-29-2)15-18-5-7-19(8-6-18)20-9-12-24-13-10-20/h5-10,12-13H,3-4,11,14-17H2,1-2H3,(H,25,28)/t23-/m1/s1. The Kier molecular flexibility index (Phi) is 6.99. The topological polar surface area (TPSA) is 71.5 Å². The summed E-state index contributed by atoms with van der Waals surface area (Å²) in [4.78, 5) is 31.3. The van der Waals surface area contributed by atoms with Crippen LogP contribution in [0.25, 0.3) is 11.1 Å². The highest BCUT2D eigenvalue weighted by Gasteiger charge is 2.43. The highest BCUT2D eigenvalue weighted by Crippen LogP contribution is 2.35. The van der Waals surface area contributed by atoms with Crippen molar-refractivity contribution in [1.29, 1.82) is 0 Å². The average Bonchev–Trinajstić information content (AvgIpc) is 2.75. The normalized spacial score (nSPS) is 19.0. The predicted octanol–water partition coefficient (Wildman–Crippen LogP) is 2.68. The Morgan fingerprint density at radius 3 is 2.48 bits per heavy atom. The quantitative estimate of drug-likeness (QED) is 0.782. The second-order valence-electron chi connectivity index (χ2n) is 7.60. The van der Waals surface area contributed by atoms with Crippen LogP contribution in [0.2, 0.25) is 0 Å². The molecule has 0 saturated carbocycles. The van der Waals surface area contributed by atoms with Crippen molar-refractivity contribution >= 4 is 11.8 Å². The van der Waals surface area contributed by atoms with Gasteiger partial charge in [0.05, 0.1) is 5.41 Å². The second kappa shape index (κ2) is 9.65. The Bertz CT molecular complexity index is 823. The largest absolute Gasteiger partial charge is 0.375 e. The number of ether oxygens (including phenoxy) is 1. The van der Waals surface area contributed by atoms with E-state index in [4.69, 9.17) is 4.74 Å². The molecule has 6 nitrogen and oxygen atoms in total. The van der Waals surface area contributed by atoms with E-state index in [9.17, 15) is 9.59 Å². The Morgan fingerprint density at radius 1 is 1.14 bits per heavy atom. The van der Waals surface area contributed by atoms with Crippen molar-refractivity contribution < 1.29 is 14.3 Å². The number of amides is 2. The van der Waals surface area contributed by atoms with E-state index in [1.165, 1.54) is 7.11 Å². The molecule has 2 aromatic rings. The summed E-state index contributed by atoms with van der Waals surface area (Å²) in [6, 6.07) is 12.3. The molecular weight excluding hydrogens is 366 g/mol. The molecule has 2 heterocycles. The van der Waals surface area contributed by atoms with Gasteiger partial charge in [0.15, 0.2) is 0 Å². The Labute approximate surface area is 172 Å². The van der Waals surface area contributed by atoms with Crippen molar-refractivity contribution in [2.75, 3.05) is 33.4 Å². The first kappa shape index (κ1) is 21.0. The van der Waals surface area contributed by atoms with Crippen LogP contribution in [0.1, 0.15) is 25.3 Å². The number of nitrogens with zero attached hydrogens (tertiary/aromatic N) is 2. The van der Waals surface area contributed by atoms with E-state index < -0.39 is 5.41 Å². The number of pyridine rings is 1. The Morgan fingerprint density at radius 2 is 1.83 bits per heavy atom. The molecule has 6 heteroatoms. The van der Waals surface area contributed by atoms with Crippen LogP contribution in [0.3, 0.4) is 0 Å². The molecule has 3 rings (SSSR count). The van der Waals surface area contributed by atoms with Gasteiger partial charge in [0.1, 0.15) is 6.61 Å². The smallest absolute Gasteiger partial charge is 0.248 e. The van der Waals surface area contributed by atoms with Crippen LogP contribution in [0.4, 0.5) is 0 Å². The number of rotatable bonds is 7. The van der Waals surface area contributed by atoms with Crippen molar-refractivity contribution in [3.8, 4) is 11.1 Å². The third kappa shape index (κ3) is 5.01. The minimum atomic E-state index is -0.615. The molecule has 154 valence electrons. The van der Waals surface area contributed by atoms with Crippen molar-refractivity contribution in [3.05, 3.63) is 54.4 Å². The number of benzene rings is 1. The molecule has 0 bridgehead atoms. The van der Waals surface area contributed by atoms with Gasteiger partial charge in [-0.25, -0.2) is 0 Å². The molecule has 0 radical (unpaired) electrons. The Balaban J connectivity index is 1.82. The van der Waals surface area contributed by atoms with Gasteiger partial charge in [-0.3, -0.25) is 14.6 Å². The minimum absolute atomic E-state index is 0.0214. The van der Waals surface area contributed by atoms with Gasteiger partial charge in [-0.05, 0) is 55.0 Å². The van der Waals surface area contributed by atoms with Crippen LogP contribution in [-0.2, 0) is 20.7 Å². The van der Waals surface area contributed by atoms with Crippen LogP contribution in [-0.4, -0.2) is 55.0 Å². The molecule has 1 saturated heterocycles. The molecule has 1 fully saturated rings. The van der Waals surface area contributed by atoms with Gasteiger partial charge in [0, 0.05) is 39.1 Å². The third-order valence-electron chi connectivity index (χ3n) is 5.53. The zero-order valence-corrected chi connectivity index (χ0v) is 17.2. The van der Waals surface area contributed by atoms with Crippen LogP contribution in [0.5, 0.6) is 0 Å². The maximum absolute atomic E-state index is 13.1. The molecule has 1 aliphatic rings. The lowest BCUT2D eigenvalue weighted by Crippen LogP contribution is -2.55. The van der Waals surface area contributed by atoms with Gasteiger partial charge in [-0.1, -0.05) is 24.3 Å². The fraction of sp³-hybridized carbons (Fsp3) is 0.435. The van der Waals surface area contributed by atoms with Crippen molar-refractivity contribution in [2.45, 2.75) is 26.2 Å². The van der Waals surface area contributed by atoms with Gasteiger partial charge in [-0.15, -0.1) is 0 Å². The van der Waals surface area contributed by atoms with Crippen LogP contribution in [0.15, 0.2) is 48.8 Å². The van der Waals surface area contributed by atoms with Crippen LogP contribution in [0, 0.1) is 5.41 Å². The Hall–Kier alpha value is -2.73. The summed E-state index contributed by atoms with van der Waals surface area (Å²) < 4.78 is 5.01. The zero-order valence-electron chi connectivity index (χ0n) is 17.2. The number of carbonyl (C=O) groups is 2. The highest BCUT2D eigenvalue weighted by atomic mass is 16.5. The summed E-state index contributed by atoms with van der Waals surface area (Å²) >= 11 is 0. The summed E-state index contributed by atoms with van der Waals surface area (Å²) in [6.07, 6.45) is 5.73. The van der Waals surface area contributed by atoms with Gasteiger partial charge in [-0.2, -0.15) is 0 Å². The van der Waals surface area contributed by atoms with E-state index >= 15 is 0 Å². The molecule has 0 unspecified atom stereocenters. The van der Waals surface area contributed by atoms with Crippen LogP contribution < -0.4 is 5.32 Å². The predicted molar refractivity (Wildman–Crippen MR) is 112 cm³/mol. The van der Waals surface area contributed by atoms with E-state index in [0.29, 0.717) is 26.1 Å². The number of hydrogen-bond donors (Lipinski definition) is 1. The summed E-state index contributed by atoms with van der Waals surface area (Å²) in [7, 11) is 1.52. The molecule has 1 atom stereocenters. The second-order valence-corrected chi connectivity index (χ2v) is 7.60. The summed E-state index contributed by atoms with van der Waals surface area (Å²) in [5.41, 5.74) is 2.70. The summed E-state index contributed by atoms with van der Waals surface area (Å²) in [6.45, 7) is 3.64. The number of piperidine rings is 1. The SMILES string of the molecule is CCNC(=O)[C@@]1(Cc2ccc(-c3ccncc3)cc2)CCCN(C(=O)COC)C1. The molecule has 1 aliphatic heterocycles. The summed E-state index contributed by atoms with van der Waals surface area (Å²) in [5, 5.41) is 2.99. The molecule has 2 amide bonds. The minimum Gasteiger partial charge on any atom is -0.375 e. The maximum Gasteiger partial charge on any atom is 0.248 e. The van der Waals surface area contributed by atoms with Crippen LogP contribution >= 0.6 is 0 Å². The molecular formula is C23H29N3O3. The number of hydrogen-bond acceptors (Lipinski definition) is 4. The van der Waals surface area contributed by atoms with Crippen molar-refractivity contribution in [1.82, 2.24) is 15.2 Å². The van der Waals surface area contributed by atoms with E-state index in [1.54, 1.807) is 17.3 Å². The van der Waals surface area contributed by atoms with Crippen molar-refractivity contribution in [2.24, 2.45) is 5.41 Å². The number of likely N-dealkylation sites (tertiary alicyclic amines) is 1. The lowest BCUT2D eigenvalue weighted by molar-refractivity contribution is -0.144. The number of aromatic nitrogens is 1. The maximum atomic E-state index is 13.1. The van der Waals surface area contributed by atoms with E-state index in [1.807, 2.05) is 19.1 Å². The molecule has 1 N–H and O–H groups in total. The number of nitrogens with one attached hydrogen (secondary N) is 1. The first-order chi connectivity index (χ1) is 14.1.